The summed E-state index contributed by atoms with van der Waals surface area (Å²) in [5.41, 5.74) is 2.77. The van der Waals surface area contributed by atoms with Crippen molar-refractivity contribution in [2.45, 2.75) is 19.4 Å². The van der Waals surface area contributed by atoms with Crippen LogP contribution in [0.25, 0.3) is 0 Å². The van der Waals surface area contributed by atoms with Gasteiger partial charge in [0.1, 0.15) is 11.8 Å². The Hall–Kier alpha value is -1.99. The van der Waals surface area contributed by atoms with Gasteiger partial charge in [-0.3, -0.25) is 0 Å². The predicted octanol–water partition coefficient (Wildman–Crippen LogP) is 3.67. The average Bonchev–Trinajstić information content (AvgIpc) is 2.91. The van der Waals surface area contributed by atoms with E-state index < -0.39 is 0 Å². The van der Waals surface area contributed by atoms with Gasteiger partial charge in [0, 0.05) is 12.1 Å². The molecular formula is C15H16N2OS. The lowest BCUT2D eigenvalue weighted by Crippen LogP contribution is -2.18. The summed E-state index contributed by atoms with van der Waals surface area (Å²) in [4.78, 5) is 0. The molecule has 1 aromatic carbocycles. The minimum Gasteiger partial charge on any atom is -0.497 e. The molecule has 0 aliphatic carbocycles. The zero-order chi connectivity index (χ0) is 13.7. The third-order valence-electron chi connectivity index (χ3n) is 2.87. The largest absolute Gasteiger partial charge is 0.497 e. The third-order valence-corrected chi connectivity index (χ3v) is 3.60. The molecule has 3 nitrogen and oxygen atoms in total. The first-order chi connectivity index (χ1) is 9.22. The van der Waals surface area contributed by atoms with E-state index >= 15 is 0 Å². The van der Waals surface area contributed by atoms with Crippen LogP contribution in [0, 0.1) is 11.3 Å². The van der Waals surface area contributed by atoms with Crippen LogP contribution in [0.15, 0.2) is 35.0 Å². The van der Waals surface area contributed by atoms with Gasteiger partial charge in [0.25, 0.3) is 0 Å². The van der Waals surface area contributed by atoms with Gasteiger partial charge in [-0.25, -0.2) is 0 Å². The third kappa shape index (κ3) is 3.49. The topological polar surface area (TPSA) is 45.0 Å². The Bertz CT molecular complexity index is 572. The van der Waals surface area contributed by atoms with E-state index in [1.165, 1.54) is 5.56 Å². The van der Waals surface area contributed by atoms with Crippen molar-refractivity contribution >= 4 is 17.0 Å². The highest BCUT2D eigenvalue weighted by molar-refractivity contribution is 7.07. The maximum Gasteiger partial charge on any atom is 0.121 e. The molecule has 4 heteroatoms. The van der Waals surface area contributed by atoms with Crippen LogP contribution >= 0.6 is 11.3 Å². The van der Waals surface area contributed by atoms with E-state index in [0.29, 0.717) is 5.56 Å². The fourth-order valence-corrected chi connectivity index (χ4v) is 2.63. The van der Waals surface area contributed by atoms with Crippen molar-refractivity contribution in [3.05, 3.63) is 46.2 Å². The van der Waals surface area contributed by atoms with E-state index in [1.807, 2.05) is 6.07 Å². The highest BCUT2D eigenvalue weighted by Gasteiger charge is 2.08. The summed E-state index contributed by atoms with van der Waals surface area (Å²) >= 11 is 1.70. The molecule has 0 amide bonds. The van der Waals surface area contributed by atoms with Gasteiger partial charge in [0.05, 0.1) is 18.4 Å². The lowest BCUT2D eigenvalue weighted by Gasteiger charge is -2.16. The van der Waals surface area contributed by atoms with Gasteiger partial charge < -0.3 is 10.1 Å². The second-order valence-corrected chi connectivity index (χ2v) is 5.18. The molecule has 2 aromatic rings. The molecule has 0 saturated heterocycles. The second kappa shape index (κ2) is 6.26. The number of hydrogen-bond acceptors (Lipinski definition) is 4. The quantitative estimate of drug-likeness (QED) is 0.903. The Morgan fingerprint density at radius 2 is 2.26 bits per heavy atom. The summed E-state index contributed by atoms with van der Waals surface area (Å²) in [5, 5.41) is 16.7. The smallest absolute Gasteiger partial charge is 0.121 e. The molecule has 0 spiro atoms. The monoisotopic (exact) mass is 272 g/mol. The fraction of sp³-hybridized carbons (Fsp3) is 0.267. The van der Waals surface area contributed by atoms with Gasteiger partial charge in [-0.15, -0.1) is 0 Å². The van der Waals surface area contributed by atoms with Crippen LogP contribution in [-0.2, 0) is 6.42 Å². The van der Waals surface area contributed by atoms with Gasteiger partial charge in [-0.1, -0.05) is 0 Å². The van der Waals surface area contributed by atoms with Gasteiger partial charge in [-0.2, -0.15) is 16.6 Å². The highest BCUT2D eigenvalue weighted by atomic mass is 32.1. The zero-order valence-corrected chi connectivity index (χ0v) is 11.8. The van der Waals surface area contributed by atoms with Crippen molar-refractivity contribution in [1.82, 2.24) is 0 Å². The van der Waals surface area contributed by atoms with Crippen LogP contribution < -0.4 is 10.1 Å². The fourth-order valence-electron chi connectivity index (χ4n) is 1.95. The van der Waals surface area contributed by atoms with Crippen molar-refractivity contribution in [3.8, 4) is 11.8 Å². The number of nitriles is 1. The summed E-state index contributed by atoms with van der Waals surface area (Å²) < 4.78 is 5.19. The Morgan fingerprint density at radius 3 is 2.89 bits per heavy atom. The van der Waals surface area contributed by atoms with Crippen LogP contribution in [0.2, 0.25) is 0 Å². The molecule has 1 unspecified atom stereocenters. The Kier molecular flexibility index (Phi) is 4.43. The lowest BCUT2D eigenvalue weighted by atomic mass is 10.1. The highest BCUT2D eigenvalue weighted by Crippen LogP contribution is 2.23. The summed E-state index contributed by atoms with van der Waals surface area (Å²) in [6.45, 7) is 2.11. The Morgan fingerprint density at radius 1 is 1.42 bits per heavy atom. The standard InChI is InChI=1S/C15H16N2OS/c1-11(7-12-5-6-19-10-12)17-15-8-14(18-2)4-3-13(15)9-16/h3-6,8,10-11,17H,7H2,1-2H3. The van der Waals surface area contributed by atoms with Gasteiger partial charge in [-0.05, 0) is 47.9 Å². The maximum atomic E-state index is 9.12. The van der Waals surface area contributed by atoms with E-state index in [1.54, 1.807) is 30.6 Å². The molecule has 0 radical (unpaired) electrons. The molecule has 1 N–H and O–H groups in total. The molecule has 98 valence electrons. The first-order valence-corrected chi connectivity index (χ1v) is 7.03. The molecule has 1 aromatic heterocycles. The first-order valence-electron chi connectivity index (χ1n) is 6.08. The number of hydrogen-bond donors (Lipinski definition) is 1. The molecule has 0 saturated carbocycles. The SMILES string of the molecule is COc1ccc(C#N)c(NC(C)Cc2ccsc2)c1. The molecule has 0 aliphatic heterocycles. The number of ether oxygens (including phenoxy) is 1. The zero-order valence-electron chi connectivity index (χ0n) is 11.0. The van der Waals surface area contributed by atoms with E-state index in [4.69, 9.17) is 10.00 Å². The number of nitrogens with zero attached hydrogens (tertiary/aromatic N) is 1. The minimum absolute atomic E-state index is 0.258. The summed E-state index contributed by atoms with van der Waals surface area (Å²) in [5.74, 6) is 0.754. The van der Waals surface area contributed by atoms with Gasteiger partial charge >= 0.3 is 0 Å². The van der Waals surface area contributed by atoms with Crippen molar-refractivity contribution in [2.75, 3.05) is 12.4 Å². The van der Waals surface area contributed by atoms with Crippen LogP contribution in [0.1, 0.15) is 18.1 Å². The Labute approximate surface area is 117 Å². The van der Waals surface area contributed by atoms with Crippen LogP contribution in [0.3, 0.4) is 0 Å². The average molecular weight is 272 g/mol. The van der Waals surface area contributed by atoms with E-state index in [0.717, 1.165) is 17.9 Å². The number of anilines is 1. The second-order valence-electron chi connectivity index (χ2n) is 4.40. The molecule has 1 heterocycles. The lowest BCUT2D eigenvalue weighted by molar-refractivity contribution is 0.415. The van der Waals surface area contributed by atoms with Gasteiger partial charge in [0.2, 0.25) is 0 Å². The molecule has 19 heavy (non-hydrogen) atoms. The van der Waals surface area contributed by atoms with Crippen LogP contribution in [0.4, 0.5) is 5.69 Å². The minimum atomic E-state index is 0.258. The predicted molar refractivity (Wildman–Crippen MR) is 78.8 cm³/mol. The molecule has 0 aliphatic rings. The van der Waals surface area contributed by atoms with Crippen molar-refractivity contribution < 1.29 is 4.74 Å². The Balaban J connectivity index is 2.11. The molecule has 0 fully saturated rings. The summed E-state index contributed by atoms with van der Waals surface area (Å²) in [6, 6.07) is 10.0. The van der Waals surface area contributed by atoms with Gasteiger partial charge in [0.15, 0.2) is 0 Å². The maximum absolute atomic E-state index is 9.12. The summed E-state index contributed by atoms with van der Waals surface area (Å²) in [7, 11) is 1.62. The molecular weight excluding hydrogens is 256 g/mol. The van der Waals surface area contributed by atoms with E-state index in [2.05, 4.69) is 35.1 Å². The number of benzene rings is 1. The molecule has 1 atom stereocenters. The summed E-state index contributed by atoms with van der Waals surface area (Å²) in [6.07, 6.45) is 0.936. The number of nitrogens with one attached hydrogen (secondary N) is 1. The van der Waals surface area contributed by atoms with Crippen molar-refractivity contribution in [1.29, 1.82) is 5.26 Å². The van der Waals surface area contributed by atoms with Crippen molar-refractivity contribution in [3.63, 3.8) is 0 Å². The number of methoxy groups -OCH3 is 1. The normalized spacial score (nSPS) is 11.6. The van der Waals surface area contributed by atoms with Crippen molar-refractivity contribution in [2.24, 2.45) is 0 Å². The molecule has 2 rings (SSSR count). The molecule has 0 bridgehead atoms. The van der Waals surface area contributed by atoms with E-state index in [-0.39, 0.29) is 6.04 Å². The van der Waals surface area contributed by atoms with Crippen LogP contribution in [0.5, 0.6) is 5.75 Å². The first kappa shape index (κ1) is 13.4. The van der Waals surface area contributed by atoms with Crippen LogP contribution in [-0.4, -0.2) is 13.2 Å². The number of thiophene rings is 1. The number of rotatable bonds is 5. The van der Waals surface area contributed by atoms with E-state index in [9.17, 15) is 0 Å².